The molecule has 8 heteroatoms. The van der Waals surface area contributed by atoms with Crippen molar-refractivity contribution < 1.29 is 18.0 Å². The van der Waals surface area contributed by atoms with Gasteiger partial charge in [-0.25, -0.2) is 8.42 Å². The molecule has 5 rings (SSSR count). The third-order valence-electron chi connectivity index (χ3n) is 7.22. The minimum absolute atomic E-state index is 0.0728. The summed E-state index contributed by atoms with van der Waals surface area (Å²) in [4.78, 5) is 27.2. The monoisotopic (exact) mass is 517 g/mol. The van der Waals surface area contributed by atoms with Gasteiger partial charge in [0.25, 0.3) is 0 Å². The number of nitrogens with one attached hydrogen (secondary N) is 2. The molecule has 0 saturated carbocycles. The van der Waals surface area contributed by atoms with Gasteiger partial charge >= 0.3 is 0 Å². The molecule has 2 N–H and O–H groups in total. The average Bonchev–Trinajstić information content (AvgIpc) is 3.33. The Hall–Kier alpha value is -3.49. The van der Waals surface area contributed by atoms with Crippen molar-refractivity contribution in [3.05, 3.63) is 95.1 Å². The molecule has 1 heterocycles. The molecule has 0 saturated heterocycles. The van der Waals surface area contributed by atoms with Crippen LogP contribution in [0.4, 0.5) is 5.69 Å². The molecular weight excluding hydrogens is 486 g/mol. The van der Waals surface area contributed by atoms with E-state index in [2.05, 4.69) is 16.1 Å². The van der Waals surface area contributed by atoms with Gasteiger partial charge in [0.2, 0.25) is 21.8 Å². The van der Waals surface area contributed by atoms with Crippen molar-refractivity contribution in [3.8, 4) is 0 Å². The summed E-state index contributed by atoms with van der Waals surface area (Å²) >= 11 is 0. The Labute approximate surface area is 217 Å². The maximum atomic E-state index is 13.6. The van der Waals surface area contributed by atoms with Crippen molar-refractivity contribution in [3.63, 3.8) is 0 Å². The third kappa shape index (κ3) is 5.45. The van der Waals surface area contributed by atoms with Crippen LogP contribution in [0.25, 0.3) is 0 Å². The van der Waals surface area contributed by atoms with E-state index >= 15 is 0 Å². The molecule has 3 aromatic carbocycles. The van der Waals surface area contributed by atoms with Gasteiger partial charge in [0.15, 0.2) is 0 Å². The summed E-state index contributed by atoms with van der Waals surface area (Å²) in [6.07, 6.45) is 3.56. The lowest BCUT2D eigenvalue weighted by Gasteiger charge is -2.28. The highest BCUT2D eigenvalue weighted by atomic mass is 32.2. The Morgan fingerprint density at radius 1 is 0.973 bits per heavy atom. The molecule has 2 aliphatic rings. The molecule has 0 fully saturated rings. The summed E-state index contributed by atoms with van der Waals surface area (Å²) in [5, 5.41) is 3.12. The van der Waals surface area contributed by atoms with E-state index in [1.54, 1.807) is 17.0 Å². The highest BCUT2D eigenvalue weighted by Crippen LogP contribution is 2.31. The van der Waals surface area contributed by atoms with Crippen LogP contribution < -0.4 is 14.9 Å². The van der Waals surface area contributed by atoms with Gasteiger partial charge in [-0.15, -0.1) is 0 Å². The van der Waals surface area contributed by atoms with Crippen LogP contribution in [0, 0.1) is 0 Å². The summed E-state index contributed by atoms with van der Waals surface area (Å²) in [5.74, 6) is -0.422. The van der Waals surface area contributed by atoms with Gasteiger partial charge < -0.3 is 10.2 Å². The zero-order valence-corrected chi connectivity index (χ0v) is 21.6. The first kappa shape index (κ1) is 25.2. The third-order valence-corrected chi connectivity index (χ3v) is 8.69. The molecule has 0 bridgehead atoms. The molecule has 0 spiro atoms. The van der Waals surface area contributed by atoms with Gasteiger partial charge in [0.1, 0.15) is 6.04 Å². The van der Waals surface area contributed by atoms with E-state index in [4.69, 9.17) is 0 Å². The van der Waals surface area contributed by atoms with Gasteiger partial charge in [0, 0.05) is 19.2 Å². The zero-order chi connectivity index (χ0) is 26.0. The molecule has 3 aromatic rings. The maximum absolute atomic E-state index is 13.6. The van der Waals surface area contributed by atoms with Crippen molar-refractivity contribution in [2.45, 2.75) is 56.0 Å². The second-order valence-electron chi connectivity index (χ2n) is 9.73. The molecule has 37 heavy (non-hydrogen) atoms. The summed E-state index contributed by atoms with van der Waals surface area (Å²) < 4.78 is 29.6. The summed E-state index contributed by atoms with van der Waals surface area (Å²) in [6.45, 7) is 2.03. The minimum Gasteiger partial charge on any atom is -0.348 e. The number of benzene rings is 3. The number of fused-ring (bicyclic) bond motifs is 2. The fourth-order valence-electron chi connectivity index (χ4n) is 5.34. The van der Waals surface area contributed by atoms with Crippen molar-refractivity contribution in [1.29, 1.82) is 0 Å². The van der Waals surface area contributed by atoms with Gasteiger partial charge in [0.05, 0.1) is 10.9 Å². The minimum atomic E-state index is -4.00. The van der Waals surface area contributed by atoms with Crippen LogP contribution in [0.3, 0.4) is 0 Å². The number of nitrogens with zero attached hydrogens (tertiary/aromatic N) is 1. The van der Waals surface area contributed by atoms with E-state index in [0.717, 1.165) is 41.6 Å². The zero-order valence-electron chi connectivity index (χ0n) is 20.8. The predicted octanol–water partition coefficient (Wildman–Crippen LogP) is 3.68. The van der Waals surface area contributed by atoms with Crippen LogP contribution >= 0.6 is 0 Å². The molecular formula is C29H31N3O4S. The smallest absolute Gasteiger partial charge is 0.241 e. The van der Waals surface area contributed by atoms with Gasteiger partial charge in [-0.2, -0.15) is 4.72 Å². The summed E-state index contributed by atoms with van der Waals surface area (Å²) in [7, 11) is -4.00. The number of carbonyl (C=O) groups excluding carboxylic acids is 2. The van der Waals surface area contributed by atoms with Crippen molar-refractivity contribution in [1.82, 2.24) is 10.0 Å². The maximum Gasteiger partial charge on any atom is 0.241 e. The molecule has 7 nitrogen and oxygen atoms in total. The first-order valence-electron chi connectivity index (χ1n) is 12.7. The van der Waals surface area contributed by atoms with Crippen molar-refractivity contribution in [2.75, 3.05) is 11.4 Å². The van der Waals surface area contributed by atoms with E-state index in [1.807, 2.05) is 48.5 Å². The average molecular weight is 518 g/mol. The van der Waals surface area contributed by atoms with Crippen molar-refractivity contribution >= 4 is 27.5 Å². The standard InChI is InChI=1S/C29H31N3O4S/c1-20(33)32-17-16-23-19-24(14-15-28(23)32)37(35,36)31-27(18-21-8-3-2-4-9-21)29(34)30-26-13-7-11-22-10-5-6-12-25(22)26/h2-6,8-10,12,14-15,19,26-27,31H,7,11,13,16-18H2,1H3,(H,30,34)/t26-,27-/m0/s1. The Balaban J connectivity index is 1.40. The van der Waals surface area contributed by atoms with E-state index in [1.165, 1.54) is 18.6 Å². The van der Waals surface area contributed by atoms with E-state index < -0.39 is 16.1 Å². The van der Waals surface area contributed by atoms with Crippen LogP contribution in [-0.4, -0.2) is 32.8 Å². The van der Waals surface area contributed by atoms with E-state index in [-0.39, 0.29) is 29.2 Å². The number of hydrogen-bond donors (Lipinski definition) is 2. The van der Waals surface area contributed by atoms with Gasteiger partial charge in [-0.3, -0.25) is 9.59 Å². The lowest BCUT2D eigenvalue weighted by molar-refractivity contribution is -0.123. The van der Waals surface area contributed by atoms with E-state index in [0.29, 0.717) is 13.0 Å². The Bertz CT molecular complexity index is 1420. The number of sulfonamides is 1. The fourth-order valence-corrected chi connectivity index (χ4v) is 6.59. The predicted molar refractivity (Wildman–Crippen MR) is 143 cm³/mol. The molecule has 192 valence electrons. The van der Waals surface area contributed by atoms with Crippen LogP contribution in [0.5, 0.6) is 0 Å². The fraction of sp³-hybridized carbons (Fsp3) is 0.310. The van der Waals surface area contributed by atoms with Gasteiger partial charge in [-0.1, -0.05) is 54.6 Å². The molecule has 2 amide bonds. The first-order valence-corrected chi connectivity index (χ1v) is 14.2. The molecule has 1 aliphatic carbocycles. The highest BCUT2D eigenvalue weighted by molar-refractivity contribution is 7.89. The molecule has 2 atom stereocenters. The van der Waals surface area contributed by atoms with Crippen LogP contribution in [0.15, 0.2) is 77.7 Å². The van der Waals surface area contributed by atoms with Crippen LogP contribution in [-0.2, 0) is 38.9 Å². The van der Waals surface area contributed by atoms with Crippen LogP contribution in [0.1, 0.15) is 48.1 Å². The second-order valence-corrected chi connectivity index (χ2v) is 11.4. The van der Waals surface area contributed by atoms with Crippen LogP contribution in [0.2, 0.25) is 0 Å². The Kier molecular flexibility index (Phi) is 7.13. The Morgan fingerprint density at radius 2 is 1.73 bits per heavy atom. The van der Waals surface area contributed by atoms with E-state index in [9.17, 15) is 18.0 Å². The molecule has 0 unspecified atom stereocenters. The SMILES string of the molecule is CC(=O)N1CCc2cc(S(=O)(=O)N[C@@H](Cc3ccccc3)C(=O)N[C@H]3CCCc4ccccc43)ccc21. The highest BCUT2D eigenvalue weighted by Gasteiger charge is 2.31. The normalized spacial score (nSPS) is 17.5. The lowest BCUT2D eigenvalue weighted by Crippen LogP contribution is -2.49. The number of rotatable bonds is 7. The number of amides is 2. The molecule has 0 aromatic heterocycles. The number of anilines is 1. The first-order chi connectivity index (χ1) is 17.8. The summed E-state index contributed by atoms with van der Waals surface area (Å²) in [6, 6.07) is 21.1. The number of hydrogen-bond acceptors (Lipinski definition) is 4. The quantitative estimate of drug-likeness (QED) is 0.500. The van der Waals surface area contributed by atoms with Gasteiger partial charge in [-0.05, 0) is 72.6 Å². The number of carbonyl (C=O) groups is 2. The van der Waals surface area contributed by atoms with Crippen molar-refractivity contribution in [2.24, 2.45) is 0 Å². The largest absolute Gasteiger partial charge is 0.348 e. The topological polar surface area (TPSA) is 95.6 Å². The molecule has 1 aliphatic heterocycles. The number of aryl methyl sites for hydroxylation is 1. The molecule has 0 radical (unpaired) electrons. The summed E-state index contributed by atoms with van der Waals surface area (Å²) in [5.41, 5.74) is 4.72. The Morgan fingerprint density at radius 3 is 2.51 bits per heavy atom. The second kappa shape index (κ2) is 10.5. The lowest BCUT2D eigenvalue weighted by atomic mass is 9.87.